The predicted octanol–water partition coefficient (Wildman–Crippen LogP) is 2.99. The third-order valence-electron chi connectivity index (χ3n) is 3.96. The molecule has 2 N–H and O–H groups in total. The molecule has 3 aromatic rings. The minimum absolute atomic E-state index is 0.188. The van der Waals surface area contributed by atoms with Gasteiger partial charge in [-0.05, 0) is 45.4 Å². The molecule has 0 amide bonds. The van der Waals surface area contributed by atoms with Crippen molar-refractivity contribution in [3.8, 4) is 11.8 Å². The van der Waals surface area contributed by atoms with Gasteiger partial charge in [0.05, 0.1) is 11.1 Å². The number of aryl methyl sites for hydroxylation is 2. The van der Waals surface area contributed by atoms with E-state index in [1.54, 1.807) is 36.9 Å². The van der Waals surface area contributed by atoms with Gasteiger partial charge >= 0.3 is 0 Å². The molecule has 0 fully saturated rings. The van der Waals surface area contributed by atoms with E-state index in [9.17, 15) is 9.90 Å². The Morgan fingerprint density at radius 3 is 2.56 bits per heavy atom. The van der Waals surface area contributed by atoms with Crippen LogP contribution in [0.4, 0.5) is 11.6 Å². The van der Waals surface area contributed by atoms with Crippen LogP contribution in [-0.2, 0) is 6.54 Å². The molecule has 27 heavy (non-hydrogen) atoms. The van der Waals surface area contributed by atoms with Crippen LogP contribution >= 0.6 is 0 Å². The highest BCUT2D eigenvalue weighted by Crippen LogP contribution is 2.19. The van der Waals surface area contributed by atoms with Gasteiger partial charge in [0.25, 0.3) is 5.56 Å². The number of aromatic nitrogens is 3. The lowest BCUT2D eigenvalue weighted by molar-refractivity contribution is 0.143. The average molecular weight is 362 g/mol. The van der Waals surface area contributed by atoms with Gasteiger partial charge in [-0.2, -0.15) is 0 Å². The first kappa shape index (κ1) is 18.6. The summed E-state index contributed by atoms with van der Waals surface area (Å²) in [5.74, 6) is 6.78. The van der Waals surface area contributed by atoms with Gasteiger partial charge in [0, 0.05) is 30.4 Å². The fourth-order valence-corrected chi connectivity index (χ4v) is 2.64. The van der Waals surface area contributed by atoms with Gasteiger partial charge in [0.15, 0.2) is 0 Å². The standard InChI is InChI=1S/C21H22N4O2/c1-5-25-17-11-19(24-18-7-6-14(2)12-22-18)23-13-16(17)10-15(20(25)26)8-9-21(3,4)27/h6-7,10-13,27H,5H2,1-4H3,(H,22,23,24). The lowest BCUT2D eigenvalue weighted by atomic mass is 10.1. The summed E-state index contributed by atoms with van der Waals surface area (Å²) in [6.07, 6.45) is 3.48. The van der Waals surface area contributed by atoms with E-state index in [4.69, 9.17) is 0 Å². The Kier molecular flexibility index (Phi) is 4.98. The Bertz CT molecular complexity index is 1100. The van der Waals surface area contributed by atoms with E-state index in [-0.39, 0.29) is 5.56 Å². The molecule has 0 saturated carbocycles. The Morgan fingerprint density at radius 1 is 1.19 bits per heavy atom. The van der Waals surface area contributed by atoms with Crippen molar-refractivity contribution in [1.29, 1.82) is 0 Å². The largest absolute Gasteiger partial charge is 0.378 e. The van der Waals surface area contributed by atoms with Crippen molar-refractivity contribution in [2.45, 2.75) is 39.8 Å². The van der Waals surface area contributed by atoms with Gasteiger partial charge in [0.1, 0.15) is 17.2 Å². The lowest BCUT2D eigenvalue weighted by Crippen LogP contribution is -2.23. The zero-order chi connectivity index (χ0) is 19.6. The number of rotatable bonds is 3. The highest BCUT2D eigenvalue weighted by Gasteiger charge is 2.11. The summed E-state index contributed by atoms with van der Waals surface area (Å²) in [6.45, 7) is 7.54. The van der Waals surface area contributed by atoms with Crippen LogP contribution in [0.15, 0.2) is 41.5 Å². The van der Waals surface area contributed by atoms with E-state index >= 15 is 0 Å². The first-order valence-electron chi connectivity index (χ1n) is 8.75. The highest BCUT2D eigenvalue weighted by atomic mass is 16.3. The van der Waals surface area contributed by atoms with Crippen molar-refractivity contribution in [1.82, 2.24) is 14.5 Å². The number of aliphatic hydroxyl groups is 1. The summed E-state index contributed by atoms with van der Waals surface area (Å²) in [5, 5.41) is 13.8. The Labute approximate surface area is 157 Å². The summed E-state index contributed by atoms with van der Waals surface area (Å²) in [7, 11) is 0. The number of nitrogens with one attached hydrogen (secondary N) is 1. The smallest absolute Gasteiger partial charge is 0.266 e. The van der Waals surface area contributed by atoms with Crippen molar-refractivity contribution < 1.29 is 5.11 Å². The van der Waals surface area contributed by atoms with Crippen LogP contribution in [-0.4, -0.2) is 25.2 Å². The van der Waals surface area contributed by atoms with Gasteiger partial charge < -0.3 is 15.0 Å². The zero-order valence-corrected chi connectivity index (χ0v) is 15.9. The Morgan fingerprint density at radius 2 is 1.93 bits per heavy atom. The monoisotopic (exact) mass is 362 g/mol. The maximum Gasteiger partial charge on any atom is 0.266 e. The molecule has 0 bridgehead atoms. The minimum atomic E-state index is -1.16. The molecule has 0 unspecified atom stereocenters. The van der Waals surface area contributed by atoms with Gasteiger partial charge in [-0.1, -0.05) is 17.9 Å². The number of pyridine rings is 3. The summed E-state index contributed by atoms with van der Waals surface area (Å²) in [4.78, 5) is 21.5. The molecule has 0 spiro atoms. The van der Waals surface area contributed by atoms with Crippen molar-refractivity contribution in [2.75, 3.05) is 5.32 Å². The van der Waals surface area contributed by atoms with Crippen LogP contribution < -0.4 is 10.9 Å². The van der Waals surface area contributed by atoms with E-state index < -0.39 is 5.60 Å². The lowest BCUT2D eigenvalue weighted by Gasteiger charge is -2.11. The molecule has 0 aliphatic heterocycles. The van der Waals surface area contributed by atoms with Crippen molar-refractivity contribution in [2.24, 2.45) is 0 Å². The number of hydrogen-bond donors (Lipinski definition) is 2. The third-order valence-corrected chi connectivity index (χ3v) is 3.96. The second-order valence-corrected chi connectivity index (χ2v) is 6.89. The maximum absolute atomic E-state index is 12.8. The second-order valence-electron chi connectivity index (χ2n) is 6.89. The molecule has 0 aliphatic rings. The Hall–Kier alpha value is -3.17. The number of fused-ring (bicyclic) bond motifs is 1. The van der Waals surface area contributed by atoms with E-state index in [0.29, 0.717) is 23.7 Å². The van der Waals surface area contributed by atoms with Crippen LogP contribution in [0.25, 0.3) is 10.9 Å². The third kappa shape index (κ3) is 4.33. The van der Waals surface area contributed by atoms with Crippen LogP contribution in [0.1, 0.15) is 31.9 Å². The molecule has 6 nitrogen and oxygen atoms in total. The molecule has 0 aromatic carbocycles. The molecule has 3 rings (SSSR count). The van der Waals surface area contributed by atoms with E-state index in [2.05, 4.69) is 27.1 Å². The van der Waals surface area contributed by atoms with Crippen molar-refractivity contribution >= 4 is 22.5 Å². The normalized spacial score (nSPS) is 11.1. The fourth-order valence-electron chi connectivity index (χ4n) is 2.64. The fraction of sp³-hybridized carbons (Fsp3) is 0.286. The molecule has 3 aromatic heterocycles. The van der Waals surface area contributed by atoms with E-state index in [1.807, 2.05) is 32.0 Å². The van der Waals surface area contributed by atoms with Crippen LogP contribution in [0, 0.1) is 18.8 Å². The van der Waals surface area contributed by atoms with E-state index in [0.717, 1.165) is 16.5 Å². The second kappa shape index (κ2) is 7.22. The molecule has 0 radical (unpaired) electrons. The van der Waals surface area contributed by atoms with Crippen LogP contribution in [0.2, 0.25) is 0 Å². The summed E-state index contributed by atoms with van der Waals surface area (Å²) in [6, 6.07) is 7.38. The van der Waals surface area contributed by atoms with Crippen molar-refractivity contribution in [3.63, 3.8) is 0 Å². The molecule has 3 heterocycles. The summed E-state index contributed by atoms with van der Waals surface area (Å²) >= 11 is 0. The highest BCUT2D eigenvalue weighted by molar-refractivity contribution is 5.82. The van der Waals surface area contributed by atoms with Crippen LogP contribution in [0.5, 0.6) is 0 Å². The quantitative estimate of drug-likeness (QED) is 0.700. The molecular formula is C21H22N4O2. The molecule has 0 saturated heterocycles. The van der Waals surface area contributed by atoms with Gasteiger partial charge in [0.2, 0.25) is 0 Å². The van der Waals surface area contributed by atoms with Gasteiger partial charge in [-0.25, -0.2) is 9.97 Å². The Balaban J connectivity index is 2.07. The van der Waals surface area contributed by atoms with Gasteiger partial charge in [-0.3, -0.25) is 4.79 Å². The van der Waals surface area contributed by atoms with Gasteiger partial charge in [-0.15, -0.1) is 0 Å². The first-order chi connectivity index (χ1) is 12.8. The van der Waals surface area contributed by atoms with E-state index in [1.165, 1.54) is 0 Å². The SMILES string of the molecule is CCn1c(=O)c(C#CC(C)(C)O)cc2cnc(Nc3ccc(C)cn3)cc21. The zero-order valence-electron chi connectivity index (χ0n) is 15.9. The van der Waals surface area contributed by atoms with Crippen LogP contribution in [0.3, 0.4) is 0 Å². The first-order valence-corrected chi connectivity index (χ1v) is 8.75. The topological polar surface area (TPSA) is 80.0 Å². The maximum atomic E-state index is 12.8. The molecule has 0 atom stereocenters. The van der Waals surface area contributed by atoms with Crippen molar-refractivity contribution in [3.05, 3.63) is 58.1 Å². The number of hydrogen-bond acceptors (Lipinski definition) is 5. The molecule has 138 valence electrons. The number of nitrogens with zero attached hydrogens (tertiary/aromatic N) is 3. The minimum Gasteiger partial charge on any atom is -0.378 e. The molecule has 0 aliphatic carbocycles. The molecule has 6 heteroatoms. The molecular weight excluding hydrogens is 340 g/mol. The average Bonchev–Trinajstić information content (AvgIpc) is 2.61. The summed E-state index contributed by atoms with van der Waals surface area (Å²) < 4.78 is 1.65. The number of anilines is 2. The predicted molar refractivity (Wildman–Crippen MR) is 107 cm³/mol. The summed E-state index contributed by atoms with van der Waals surface area (Å²) in [5.41, 5.74) is 0.833.